The molecule has 1 fully saturated rings. The van der Waals surface area contributed by atoms with Crippen molar-refractivity contribution in [2.75, 3.05) is 42.7 Å². The van der Waals surface area contributed by atoms with Gasteiger partial charge < -0.3 is 15.1 Å². The Hall–Kier alpha value is -2.97. The molecule has 2 N–H and O–H groups in total. The van der Waals surface area contributed by atoms with Gasteiger partial charge in [-0.15, -0.1) is 0 Å². The van der Waals surface area contributed by atoms with Gasteiger partial charge in [0.15, 0.2) is 5.82 Å². The minimum Gasteiger partial charge on any atom is -0.370 e. The largest absolute Gasteiger partial charge is 0.370 e. The van der Waals surface area contributed by atoms with E-state index in [-0.39, 0.29) is 6.03 Å². The lowest BCUT2D eigenvalue weighted by Gasteiger charge is -2.22. The van der Waals surface area contributed by atoms with Crippen LogP contribution in [0, 0.1) is 0 Å². The summed E-state index contributed by atoms with van der Waals surface area (Å²) in [5.74, 6) is 0.608. The van der Waals surface area contributed by atoms with Crippen molar-refractivity contribution in [3.8, 4) is 11.4 Å². The second kappa shape index (κ2) is 8.59. The first-order valence-electron chi connectivity index (χ1n) is 9.57. The van der Waals surface area contributed by atoms with E-state index in [0.717, 1.165) is 35.9 Å². The minimum atomic E-state index is -0.331. The zero-order valence-electron chi connectivity index (χ0n) is 16.5. The summed E-state index contributed by atoms with van der Waals surface area (Å²) >= 11 is 1.16. The average Bonchev–Trinajstić information content (AvgIpc) is 3.39. The number of carbonyl (C=O) groups is 1. The first-order valence-corrected chi connectivity index (χ1v) is 10.3. The molecule has 1 atom stereocenters. The quantitative estimate of drug-likeness (QED) is 0.668. The molecule has 0 saturated carbocycles. The lowest BCUT2D eigenvalue weighted by atomic mass is 10.2. The molecular formula is C21H24N6OS. The van der Waals surface area contributed by atoms with Crippen LogP contribution in [0.3, 0.4) is 0 Å². The van der Waals surface area contributed by atoms with Crippen LogP contribution in [0.15, 0.2) is 54.6 Å². The fourth-order valence-electron chi connectivity index (χ4n) is 3.39. The molecule has 0 aliphatic carbocycles. The predicted octanol–water partition coefficient (Wildman–Crippen LogP) is 3.99. The number of hydrogen-bond acceptors (Lipinski definition) is 6. The Morgan fingerprint density at radius 1 is 1.10 bits per heavy atom. The van der Waals surface area contributed by atoms with Crippen LogP contribution in [-0.4, -0.2) is 53.5 Å². The van der Waals surface area contributed by atoms with E-state index in [2.05, 4.69) is 43.9 Å². The summed E-state index contributed by atoms with van der Waals surface area (Å²) < 4.78 is 4.30. The summed E-state index contributed by atoms with van der Waals surface area (Å²) in [4.78, 5) is 21.3. The van der Waals surface area contributed by atoms with Crippen LogP contribution >= 0.6 is 11.5 Å². The predicted molar refractivity (Wildman–Crippen MR) is 119 cm³/mol. The fourth-order valence-corrected chi connectivity index (χ4v) is 3.98. The number of aromatic nitrogens is 2. The molecule has 29 heavy (non-hydrogen) atoms. The van der Waals surface area contributed by atoms with Crippen molar-refractivity contribution in [3.63, 3.8) is 0 Å². The third-order valence-electron chi connectivity index (χ3n) is 5.06. The van der Waals surface area contributed by atoms with Crippen molar-refractivity contribution in [3.05, 3.63) is 54.6 Å². The van der Waals surface area contributed by atoms with Gasteiger partial charge in [0.2, 0.25) is 5.13 Å². The molecule has 1 aromatic heterocycles. The third-order valence-corrected chi connectivity index (χ3v) is 5.69. The second-order valence-electron chi connectivity index (χ2n) is 7.27. The number of carbonyl (C=O) groups excluding carboxylic acids is 1. The van der Waals surface area contributed by atoms with Gasteiger partial charge in [-0.3, -0.25) is 5.32 Å². The summed E-state index contributed by atoms with van der Waals surface area (Å²) in [5.41, 5.74) is 2.84. The highest BCUT2D eigenvalue weighted by molar-refractivity contribution is 7.10. The molecule has 1 unspecified atom stereocenters. The topological polar surface area (TPSA) is 73.4 Å². The Kier molecular flexibility index (Phi) is 5.73. The van der Waals surface area contributed by atoms with E-state index >= 15 is 0 Å². The van der Waals surface area contributed by atoms with E-state index in [1.54, 1.807) is 0 Å². The summed E-state index contributed by atoms with van der Waals surface area (Å²) in [6.45, 7) is 2.08. The van der Waals surface area contributed by atoms with Crippen molar-refractivity contribution in [2.45, 2.75) is 12.5 Å². The van der Waals surface area contributed by atoms with Crippen molar-refractivity contribution >= 4 is 34.1 Å². The molecule has 0 spiro atoms. The van der Waals surface area contributed by atoms with Gasteiger partial charge in [0.05, 0.1) is 0 Å². The first kappa shape index (κ1) is 19.4. The molecule has 2 aromatic carbocycles. The molecule has 0 bridgehead atoms. The van der Waals surface area contributed by atoms with Gasteiger partial charge in [-0.05, 0) is 44.8 Å². The maximum Gasteiger partial charge on any atom is 0.325 e. The minimum absolute atomic E-state index is 0.331. The van der Waals surface area contributed by atoms with E-state index in [9.17, 15) is 4.79 Å². The van der Waals surface area contributed by atoms with E-state index < -0.39 is 0 Å². The zero-order valence-corrected chi connectivity index (χ0v) is 17.3. The van der Waals surface area contributed by atoms with Crippen molar-refractivity contribution in [1.82, 2.24) is 14.3 Å². The summed E-state index contributed by atoms with van der Waals surface area (Å²) in [6.07, 6.45) is 1.17. The Balaban J connectivity index is 1.33. The monoisotopic (exact) mass is 408 g/mol. The normalized spacial score (nSPS) is 16.2. The number of nitrogens with zero attached hydrogens (tertiary/aromatic N) is 4. The van der Waals surface area contributed by atoms with E-state index in [0.29, 0.717) is 17.0 Å². The highest BCUT2D eigenvalue weighted by atomic mass is 32.1. The van der Waals surface area contributed by atoms with Gasteiger partial charge in [-0.25, -0.2) is 4.79 Å². The number of urea groups is 1. The number of amides is 2. The van der Waals surface area contributed by atoms with Crippen molar-refractivity contribution in [1.29, 1.82) is 0 Å². The summed E-state index contributed by atoms with van der Waals surface area (Å²) in [6, 6.07) is 17.9. The summed E-state index contributed by atoms with van der Waals surface area (Å²) in [7, 11) is 4.25. The average molecular weight is 409 g/mol. The Labute approximate surface area is 174 Å². The molecule has 7 nitrogen and oxygen atoms in total. The van der Waals surface area contributed by atoms with Crippen molar-refractivity contribution < 1.29 is 4.79 Å². The highest BCUT2D eigenvalue weighted by Crippen LogP contribution is 2.24. The molecule has 150 valence electrons. The molecule has 8 heteroatoms. The van der Waals surface area contributed by atoms with Crippen LogP contribution in [0.4, 0.5) is 21.3 Å². The lowest BCUT2D eigenvalue weighted by molar-refractivity contribution is 0.262. The SMILES string of the molecule is CN(C)C1CCN(c2ccc(NC(=O)Nc3nc(-c4ccccc4)ns3)cc2)C1. The molecule has 1 aliphatic heterocycles. The van der Waals surface area contributed by atoms with E-state index in [4.69, 9.17) is 0 Å². The Morgan fingerprint density at radius 2 is 1.86 bits per heavy atom. The number of hydrogen-bond donors (Lipinski definition) is 2. The van der Waals surface area contributed by atoms with Crippen LogP contribution < -0.4 is 15.5 Å². The number of likely N-dealkylation sites (N-methyl/N-ethyl adjacent to an activating group) is 1. The van der Waals surface area contributed by atoms with Gasteiger partial charge in [0, 0.05) is 47.6 Å². The van der Waals surface area contributed by atoms with Gasteiger partial charge in [-0.1, -0.05) is 30.3 Å². The molecular weight excluding hydrogens is 384 g/mol. The van der Waals surface area contributed by atoms with E-state index in [1.807, 2.05) is 54.6 Å². The molecule has 2 heterocycles. The smallest absolute Gasteiger partial charge is 0.325 e. The van der Waals surface area contributed by atoms with Crippen molar-refractivity contribution in [2.24, 2.45) is 0 Å². The molecule has 1 aliphatic rings. The van der Waals surface area contributed by atoms with Crippen LogP contribution in [0.1, 0.15) is 6.42 Å². The van der Waals surface area contributed by atoms with Gasteiger partial charge in [-0.2, -0.15) is 9.36 Å². The molecule has 4 rings (SSSR count). The number of anilines is 3. The van der Waals surface area contributed by atoms with Crippen LogP contribution in [0.5, 0.6) is 0 Å². The number of benzene rings is 2. The van der Waals surface area contributed by atoms with E-state index in [1.165, 1.54) is 12.1 Å². The van der Waals surface area contributed by atoms with Gasteiger partial charge in [0.1, 0.15) is 0 Å². The maximum atomic E-state index is 12.3. The zero-order chi connectivity index (χ0) is 20.2. The third kappa shape index (κ3) is 4.72. The van der Waals surface area contributed by atoms with Crippen LogP contribution in [0.25, 0.3) is 11.4 Å². The standard InChI is InChI=1S/C21H24N6OS/c1-26(2)18-12-13-27(14-18)17-10-8-16(9-11-17)22-20(28)24-21-23-19(25-29-21)15-6-4-3-5-7-15/h3-11,18H,12-14H2,1-2H3,(H2,22,23,24,25,28). The Morgan fingerprint density at radius 3 is 2.55 bits per heavy atom. The molecule has 3 aromatic rings. The maximum absolute atomic E-state index is 12.3. The summed E-state index contributed by atoms with van der Waals surface area (Å²) in [5, 5.41) is 6.06. The Bertz CT molecular complexity index is 957. The van der Waals surface area contributed by atoms with Gasteiger partial charge in [0.25, 0.3) is 0 Å². The van der Waals surface area contributed by atoms with Crippen LogP contribution in [0.2, 0.25) is 0 Å². The number of rotatable bonds is 5. The molecule has 0 radical (unpaired) electrons. The second-order valence-corrected chi connectivity index (χ2v) is 8.02. The number of nitrogens with one attached hydrogen (secondary N) is 2. The van der Waals surface area contributed by atoms with Gasteiger partial charge >= 0.3 is 6.03 Å². The highest BCUT2D eigenvalue weighted by Gasteiger charge is 2.23. The van der Waals surface area contributed by atoms with Crippen LogP contribution in [-0.2, 0) is 0 Å². The molecule has 1 saturated heterocycles. The first-order chi connectivity index (χ1) is 14.1. The molecule has 2 amide bonds. The lowest BCUT2D eigenvalue weighted by Crippen LogP contribution is -2.31. The fraction of sp³-hybridized carbons (Fsp3) is 0.286.